The zero-order valence-electron chi connectivity index (χ0n) is 13.0. The van der Waals surface area contributed by atoms with E-state index in [1.165, 1.54) is 70.8 Å². The molecule has 1 saturated heterocycles. The predicted octanol–water partition coefficient (Wildman–Crippen LogP) is 4.28. The lowest BCUT2D eigenvalue weighted by atomic mass is 9.75. The summed E-state index contributed by atoms with van der Waals surface area (Å²) in [5.41, 5.74) is 0.532. The molecule has 1 aliphatic heterocycles. The van der Waals surface area contributed by atoms with Crippen molar-refractivity contribution in [3.63, 3.8) is 0 Å². The van der Waals surface area contributed by atoms with E-state index in [0.717, 1.165) is 12.6 Å². The smallest absolute Gasteiger partial charge is 0.0576 e. The van der Waals surface area contributed by atoms with Gasteiger partial charge in [-0.3, -0.25) is 0 Å². The van der Waals surface area contributed by atoms with Crippen LogP contribution in [0.3, 0.4) is 0 Å². The van der Waals surface area contributed by atoms with Gasteiger partial charge in [0.1, 0.15) is 0 Å². The first-order valence-corrected chi connectivity index (χ1v) is 8.63. The Labute approximate surface area is 119 Å². The van der Waals surface area contributed by atoms with Gasteiger partial charge >= 0.3 is 0 Å². The third-order valence-corrected chi connectivity index (χ3v) is 5.17. The molecule has 2 atom stereocenters. The highest BCUT2D eigenvalue weighted by Crippen LogP contribution is 2.36. The van der Waals surface area contributed by atoms with Crippen LogP contribution in [0.15, 0.2) is 0 Å². The van der Waals surface area contributed by atoms with E-state index in [0.29, 0.717) is 11.5 Å². The summed E-state index contributed by atoms with van der Waals surface area (Å²) in [6.45, 7) is 6.94. The van der Waals surface area contributed by atoms with E-state index in [1.54, 1.807) is 0 Å². The Hall–Kier alpha value is -0.0800. The minimum absolute atomic E-state index is 0.532. The van der Waals surface area contributed by atoms with Crippen molar-refractivity contribution in [3.8, 4) is 0 Å². The van der Waals surface area contributed by atoms with Crippen molar-refractivity contribution >= 4 is 0 Å². The molecule has 0 spiro atoms. The van der Waals surface area contributed by atoms with Crippen LogP contribution in [0.4, 0.5) is 0 Å². The van der Waals surface area contributed by atoms with Crippen molar-refractivity contribution in [1.82, 2.24) is 5.32 Å². The molecule has 1 saturated carbocycles. The molecule has 19 heavy (non-hydrogen) atoms. The molecule has 1 heterocycles. The molecule has 0 aromatic carbocycles. The lowest BCUT2D eigenvalue weighted by molar-refractivity contribution is 0.0828. The predicted molar refractivity (Wildman–Crippen MR) is 81.5 cm³/mol. The molecule has 2 fully saturated rings. The zero-order chi connectivity index (χ0) is 13.6. The molecule has 2 rings (SSSR count). The molecule has 0 bridgehead atoms. The second-order valence-corrected chi connectivity index (χ2v) is 6.79. The Morgan fingerprint density at radius 2 is 2.00 bits per heavy atom. The maximum absolute atomic E-state index is 5.81. The summed E-state index contributed by atoms with van der Waals surface area (Å²) in [5.74, 6) is 0. The molecule has 2 unspecified atom stereocenters. The maximum atomic E-state index is 5.81. The van der Waals surface area contributed by atoms with Gasteiger partial charge in [-0.1, -0.05) is 26.7 Å². The Morgan fingerprint density at radius 3 is 2.58 bits per heavy atom. The van der Waals surface area contributed by atoms with Crippen LogP contribution < -0.4 is 5.32 Å². The van der Waals surface area contributed by atoms with E-state index < -0.39 is 0 Å². The lowest BCUT2D eigenvalue weighted by Gasteiger charge is -2.34. The van der Waals surface area contributed by atoms with Gasteiger partial charge in [0.25, 0.3) is 0 Å². The first-order chi connectivity index (χ1) is 9.28. The molecule has 0 aromatic heterocycles. The van der Waals surface area contributed by atoms with Crippen molar-refractivity contribution in [2.45, 2.75) is 90.2 Å². The highest BCUT2D eigenvalue weighted by Gasteiger charge is 2.31. The fraction of sp³-hybridized carbons (Fsp3) is 1.00. The van der Waals surface area contributed by atoms with Gasteiger partial charge in [-0.15, -0.1) is 0 Å². The third-order valence-electron chi connectivity index (χ3n) is 5.17. The minimum atomic E-state index is 0.532. The van der Waals surface area contributed by atoms with Crippen LogP contribution in [0.25, 0.3) is 0 Å². The van der Waals surface area contributed by atoms with Gasteiger partial charge in [-0.25, -0.2) is 0 Å². The molecule has 2 nitrogen and oxygen atoms in total. The van der Waals surface area contributed by atoms with E-state index in [4.69, 9.17) is 4.74 Å². The van der Waals surface area contributed by atoms with Gasteiger partial charge in [0.2, 0.25) is 0 Å². The monoisotopic (exact) mass is 267 g/mol. The quantitative estimate of drug-likeness (QED) is 0.638. The van der Waals surface area contributed by atoms with E-state index in [-0.39, 0.29) is 0 Å². The van der Waals surface area contributed by atoms with E-state index >= 15 is 0 Å². The average Bonchev–Trinajstić information content (AvgIpc) is 3.13. The van der Waals surface area contributed by atoms with Gasteiger partial charge in [0.15, 0.2) is 0 Å². The molecule has 0 amide bonds. The van der Waals surface area contributed by atoms with Gasteiger partial charge < -0.3 is 10.1 Å². The van der Waals surface area contributed by atoms with Crippen LogP contribution in [0.2, 0.25) is 0 Å². The fourth-order valence-corrected chi connectivity index (χ4v) is 3.32. The highest BCUT2D eigenvalue weighted by molar-refractivity contribution is 4.88. The Morgan fingerprint density at radius 1 is 1.16 bits per heavy atom. The summed E-state index contributed by atoms with van der Waals surface area (Å²) < 4.78 is 5.81. The number of hydrogen-bond acceptors (Lipinski definition) is 2. The number of rotatable bonds is 10. The van der Waals surface area contributed by atoms with E-state index in [2.05, 4.69) is 19.2 Å². The normalized spacial score (nSPS) is 26.5. The fourth-order valence-electron chi connectivity index (χ4n) is 3.32. The van der Waals surface area contributed by atoms with Crippen molar-refractivity contribution in [2.24, 2.45) is 5.41 Å². The van der Waals surface area contributed by atoms with Crippen LogP contribution in [0.5, 0.6) is 0 Å². The Bertz CT molecular complexity index is 246. The molecule has 0 aromatic rings. The van der Waals surface area contributed by atoms with Crippen molar-refractivity contribution in [1.29, 1.82) is 0 Å². The maximum Gasteiger partial charge on any atom is 0.0576 e. The first-order valence-electron chi connectivity index (χ1n) is 8.63. The van der Waals surface area contributed by atoms with Crippen molar-refractivity contribution in [2.75, 3.05) is 13.2 Å². The topological polar surface area (TPSA) is 21.3 Å². The summed E-state index contributed by atoms with van der Waals surface area (Å²) in [7, 11) is 0. The lowest BCUT2D eigenvalue weighted by Crippen LogP contribution is -2.36. The Kier molecular flexibility index (Phi) is 6.15. The van der Waals surface area contributed by atoms with Crippen molar-refractivity contribution in [3.05, 3.63) is 0 Å². The van der Waals surface area contributed by atoms with Crippen LogP contribution >= 0.6 is 0 Å². The molecular weight excluding hydrogens is 234 g/mol. The highest BCUT2D eigenvalue weighted by atomic mass is 16.5. The molecule has 0 radical (unpaired) electrons. The second kappa shape index (κ2) is 7.64. The summed E-state index contributed by atoms with van der Waals surface area (Å²) >= 11 is 0. The molecule has 1 aliphatic carbocycles. The zero-order valence-corrected chi connectivity index (χ0v) is 13.0. The van der Waals surface area contributed by atoms with Crippen LogP contribution in [0.1, 0.15) is 78.1 Å². The number of nitrogens with one attached hydrogen (secondary N) is 1. The van der Waals surface area contributed by atoms with Crippen LogP contribution in [-0.4, -0.2) is 25.3 Å². The van der Waals surface area contributed by atoms with Crippen LogP contribution in [0, 0.1) is 5.41 Å². The second-order valence-electron chi connectivity index (χ2n) is 6.79. The van der Waals surface area contributed by atoms with Gasteiger partial charge in [0, 0.05) is 19.2 Å². The van der Waals surface area contributed by atoms with Crippen LogP contribution in [-0.2, 0) is 4.74 Å². The standard InChI is InChI=1S/C17H33NO/c1-3-5-11-17(4-2,14-18-15-8-9-15)12-10-16-7-6-13-19-16/h15-16,18H,3-14H2,1-2H3. The molecule has 112 valence electrons. The summed E-state index contributed by atoms with van der Waals surface area (Å²) in [4.78, 5) is 0. The largest absolute Gasteiger partial charge is 0.378 e. The third kappa shape index (κ3) is 5.07. The Balaban J connectivity index is 1.81. The summed E-state index contributed by atoms with van der Waals surface area (Å²) in [6, 6.07) is 0.843. The molecule has 2 heteroatoms. The average molecular weight is 267 g/mol. The summed E-state index contributed by atoms with van der Waals surface area (Å²) in [6.07, 6.45) is 14.0. The number of unbranched alkanes of at least 4 members (excludes halogenated alkanes) is 1. The molecule has 2 aliphatic rings. The molecular formula is C17H33NO. The van der Waals surface area contributed by atoms with Crippen molar-refractivity contribution < 1.29 is 4.74 Å². The summed E-state index contributed by atoms with van der Waals surface area (Å²) in [5, 5.41) is 3.79. The number of hydrogen-bond donors (Lipinski definition) is 1. The van der Waals surface area contributed by atoms with Gasteiger partial charge in [-0.2, -0.15) is 0 Å². The van der Waals surface area contributed by atoms with E-state index in [1.807, 2.05) is 0 Å². The van der Waals surface area contributed by atoms with E-state index in [9.17, 15) is 0 Å². The number of ether oxygens (including phenoxy) is 1. The minimum Gasteiger partial charge on any atom is -0.378 e. The first kappa shape index (κ1) is 15.3. The van der Waals surface area contributed by atoms with Gasteiger partial charge in [0.05, 0.1) is 6.10 Å². The SMILES string of the molecule is CCCCC(CC)(CCC1CCCO1)CNC1CC1. The molecule has 1 N–H and O–H groups in total. The van der Waals surface area contributed by atoms with Gasteiger partial charge in [-0.05, 0) is 56.8 Å².